The molecule has 3 nitrogen and oxygen atoms in total. The number of nitrogens with zero attached hydrogens (tertiary/aromatic N) is 3. The van der Waals surface area contributed by atoms with Gasteiger partial charge in [0, 0.05) is 0 Å². The van der Waals surface area contributed by atoms with Crippen molar-refractivity contribution < 1.29 is 4.39 Å². The van der Waals surface area contributed by atoms with Gasteiger partial charge in [-0.3, -0.25) is 4.35 Å². The minimum Gasteiger partial charge on any atom is -0.278 e. The van der Waals surface area contributed by atoms with E-state index in [9.17, 15) is 4.39 Å². The Hall–Kier alpha value is -1.49. The summed E-state index contributed by atoms with van der Waals surface area (Å²) >= 11 is 0. The maximum atomic E-state index is 13.2. The lowest BCUT2D eigenvalue weighted by molar-refractivity contribution is 0.614. The van der Waals surface area contributed by atoms with Gasteiger partial charge in [-0.2, -0.15) is 5.10 Å². The van der Waals surface area contributed by atoms with Gasteiger partial charge in [0.2, 0.25) is 8.24 Å². The third-order valence-corrected chi connectivity index (χ3v) is 9.85. The maximum absolute atomic E-state index is 13.2. The Balaban J connectivity index is 2.13. The van der Waals surface area contributed by atoms with Gasteiger partial charge in [0.25, 0.3) is 0 Å². The van der Waals surface area contributed by atoms with E-state index >= 15 is 0 Å². The molecule has 1 aliphatic heterocycles. The van der Waals surface area contributed by atoms with Gasteiger partial charge in [0.15, 0.2) is 0 Å². The summed E-state index contributed by atoms with van der Waals surface area (Å²) in [6.07, 6.45) is 7.19. The van der Waals surface area contributed by atoms with E-state index in [0.29, 0.717) is 5.54 Å². The van der Waals surface area contributed by atoms with E-state index in [1.165, 1.54) is 30.5 Å². The minimum absolute atomic E-state index is 0.171. The molecule has 1 aliphatic rings. The molecule has 0 aliphatic carbocycles. The van der Waals surface area contributed by atoms with Crippen LogP contribution in [0, 0.1) is 5.82 Å². The molecule has 2 atom stereocenters. The fourth-order valence-corrected chi connectivity index (χ4v) is 8.43. The Morgan fingerprint density at radius 2 is 2.05 bits per heavy atom. The average Bonchev–Trinajstić information content (AvgIpc) is 2.95. The lowest BCUT2D eigenvalue weighted by Crippen LogP contribution is -2.59. The maximum Gasteiger partial charge on any atom is 0.220 e. The summed E-state index contributed by atoms with van der Waals surface area (Å²) in [5.74, 6) is -0.171. The Morgan fingerprint density at radius 1 is 1.26 bits per heavy atom. The predicted octanol–water partition coefficient (Wildman–Crippen LogP) is 2.69. The summed E-state index contributed by atoms with van der Waals surface area (Å²) in [6.45, 7) is 2.32. The van der Waals surface area contributed by atoms with Gasteiger partial charge in [0.05, 0.1) is 0 Å². The molecule has 1 aromatic heterocycles. The zero-order valence-electron chi connectivity index (χ0n) is 11.1. The van der Waals surface area contributed by atoms with Crippen molar-refractivity contribution in [2.75, 3.05) is 0 Å². The van der Waals surface area contributed by atoms with Gasteiger partial charge in [-0.05, 0) is 28.9 Å². The molecule has 2 heterocycles. The van der Waals surface area contributed by atoms with E-state index < -0.39 is 8.24 Å². The van der Waals surface area contributed by atoms with Gasteiger partial charge < -0.3 is 0 Å². The Morgan fingerprint density at radius 3 is 2.68 bits per heavy atom. The molecule has 0 bridgehead atoms. The molecule has 1 aromatic carbocycles. The lowest BCUT2D eigenvalue weighted by Gasteiger charge is -2.40. The molecule has 3 rings (SSSR count). The molecule has 0 radical (unpaired) electrons. The smallest absolute Gasteiger partial charge is 0.220 e. The fraction of sp³-hybridized carbons (Fsp3) is 0.429. The lowest BCUT2D eigenvalue weighted by atomic mass is 10.2. The molecule has 0 N–H and O–H groups in total. The molecule has 2 unspecified atom stereocenters. The number of hydrogen-bond donors (Lipinski definition) is 0. The van der Waals surface area contributed by atoms with Crippen LogP contribution in [0.25, 0.3) is 0 Å². The van der Waals surface area contributed by atoms with Crippen molar-refractivity contribution in [2.45, 2.75) is 37.8 Å². The van der Waals surface area contributed by atoms with E-state index in [1.54, 1.807) is 18.5 Å². The van der Waals surface area contributed by atoms with Crippen molar-refractivity contribution in [3.05, 3.63) is 42.7 Å². The third-order valence-electron chi connectivity index (χ3n) is 4.43. The molecule has 1 fully saturated rings. The largest absolute Gasteiger partial charge is 0.278 e. The van der Waals surface area contributed by atoms with Gasteiger partial charge in [0.1, 0.15) is 18.5 Å². The number of halogens is 1. The van der Waals surface area contributed by atoms with Crippen molar-refractivity contribution in [1.29, 1.82) is 0 Å². The first-order chi connectivity index (χ1) is 9.23. The van der Waals surface area contributed by atoms with Crippen LogP contribution < -0.4 is 5.19 Å². The first kappa shape index (κ1) is 12.5. The van der Waals surface area contributed by atoms with E-state index in [4.69, 9.17) is 0 Å². The van der Waals surface area contributed by atoms with Crippen LogP contribution in [0.4, 0.5) is 4.39 Å². The summed E-state index contributed by atoms with van der Waals surface area (Å²) in [6, 6.07) is 8.21. The number of benzene rings is 1. The van der Waals surface area contributed by atoms with Crippen LogP contribution in [-0.4, -0.2) is 22.7 Å². The van der Waals surface area contributed by atoms with Crippen molar-refractivity contribution in [1.82, 2.24) is 14.4 Å². The molecule has 0 saturated carbocycles. The highest BCUT2D eigenvalue weighted by atomic mass is 28.3. The predicted molar refractivity (Wildman–Crippen MR) is 75.3 cm³/mol. The second-order valence-corrected chi connectivity index (χ2v) is 9.79. The molecular formula is C14H18FN3Si. The van der Waals surface area contributed by atoms with Gasteiger partial charge >= 0.3 is 0 Å². The zero-order valence-corrected chi connectivity index (χ0v) is 12.1. The standard InChI is InChI=1S/C14H18FN3Si/c1-12-4-2-3-9-19(12,18-11-16-10-17-18)14-7-5-13(15)6-8-14/h5-8,10-12H,2-4,9H2,1H3. The monoisotopic (exact) mass is 275 g/mol. The topological polar surface area (TPSA) is 30.7 Å². The van der Waals surface area contributed by atoms with Gasteiger partial charge in [-0.25, -0.2) is 9.37 Å². The number of rotatable bonds is 2. The third kappa shape index (κ3) is 2.02. The zero-order chi connectivity index (χ0) is 13.3. The van der Waals surface area contributed by atoms with Crippen molar-refractivity contribution in [3.8, 4) is 0 Å². The highest BCUT2D eigenvalue weighted by molar-refractivity contribution is 6.91. The summed E-state index contributed by atoms with van der Waals surface area (Å²) in [4.78, 5) is 4.13. The molecular weight excluding hydrogens is 257 g/mol. The Bertz CT molecular complexity index is 540. The van der Waals surface area contributed by atoms with Gasteiger partial charge in [-0.15, -0.1) is 0 Å². The van der Waals surface area contributed by atoms with Crippen molar-refractivity contribution in [3.63, 3.8) is 0 Å². The molecule has 0 amide bonds. The first-order valence-electron chi connectivity index (χ1n) is 6.84. The quantitative estimate of drug-likeness (QED) is 0.789. The second-order valence-electron chi connectivity index (χ2n) is 5.42. The van der Waals surface area contributed by atoms with Crippen LogP contribution in [-0.2, 0) is 0 Å². The van der Waals surface area contributed by atoms with Crippen LogP contribution in [0.1, 0.15) is 26.2 Å². The summed E-state index contributed by atoms with van der Waals surface area (Å²) < 4.78 is 15.3. The minimum atomic E-state index is -1.93. The van der Waals surface area contributed by atoms with Crippen LogP contribution in [0.2, 0.25) is 11.6 Å². The van der Waals surface area contributed by atoms with E-state index in [0.717, 1.165) is 0 Å². The van der Waals surface area contributed by atoms with E-state index in [2.05, 4.69) is 21.4 Å². The molecule has 1 saturated heterocycles. The molecule has 0 spiro atoms. The molecule has 5 heteroatoms. The van der Waals surface area contributed by atoms with Crippen LogP contribution >= 0.6 is 0 Å². The SMILES string of the molecule is CC1CCCC[Si]1(c1ccc(F)cc1)n1cncn1. The second kappa shape index (κ2) is 4.88. The van der Waals surface area contributed by atoms with E-state index in [1.807, 2.05) is 18.5 Å². The average molecular weight is 275 g/mol. The summed E-state index contributed by atoms with van der Waals surface area (Å²) in [5, 5.41) is 5.70. The summed E-state index contributed by atoms with van der Waals surface area (Å²) in [5.41, 5.74) is 0.605. The first-order valence-corrected chi connectivity index (χ1v) is 9.08. The van der Waals surface area contributed by atoms with Crippen LogP contribution in [0.5, 0.6) is 0 Å². The van der Waals surface area contributed by atoms with Crippen LogP contribution in [0.3, 0.4) is 0 Å². The summed E-state index contributed by atoms with van der Waals surface area (Å²) in [7, 11) is -1.93. The number of hydrogen-bond acceptors (Lipinski definition) is 2. The molecule has 19 heavy (non-hydrogen) atoms. The molecule has 100 valence electrons. The Kier molecular flexibility index (Phi) is 3.22. The van der Waals surface area contributed by atoms with Crippen molar-refractivity contribution in [2.24, 2.45) is 0 Å². The highest BCUT2D eigenvalue weighted by Gasteiger charge is 2.45. The van der Waals surface area contributed by atoms with Crippen LogP contribution in [0.15, 0.2) is 36.9 Å². The molecule has 2 aromatic rings. The van der Waals surface area contributed by atoms with E-state index in [-0.39, 0.29) is 5.82 Å². The highest BCUT2D eigenvalue weighted by Crippen LogP contribution is 2.37. The van der Waals surface area contributed by atoms with Gasteiger partial charge in [-0.1, -0.05) is 38.3 Å². The fourth-order valence-electron chi connectivity index (χ4n) is 3.38. The van der Waals surface area contributed by atoms with Crippen molar-refractivity contribution >= 4 is 13.4 Å². The normalized spacial score (nSPS) is 27.4. The Labute approximate surface area is 113 Å². The number of aromatic nitrogens is 3.